The molecule has 1 aromatic rings. The molecule has 0 bridgehead atoms. The van der Waals surface area contributed by atoms with Crippen LogP contribution in [0.5, 0.6) is 0 Å². The Bertz CT molecular complexity index is 399. The second-order valence-corrected chi connectivity index (χ2v) is 5.45. The fraction of sp³-hybridized carbons (Fsp3) is 0.750. The molecule has 0 saturated heterocycles. The highest BCUT2D eigenvalue weighted by atomic mass is 16.4. The third-order valence-electron chi connectivity index (χ3n) is 3.61. The molecule has 1 aromatic heterocycles. The summed E-state index contributed by atoms with van der Waals surface area (Å²) >= 11 is 0. The summed E-state index contributed by atoms with van der Waals surface area (Å²) in [6.45, 7) is 5.42. The number of nitrogens with zero attached hydrogens (tertiary/aromatic N) is 2. The largest absolute Gasteiger partial charge is 0.478 e. The molecule has 0 radical (unpaired) electrons. The van der Waals surface area contributed by atoms with E-state index in [1.807, 2.05) is 17.0 Å². The zero-order valence-corrected chi connectivity index (χ0v) is 13.0. The van der Waals surface area contributed by atoms with Crippen molar-refractivity contribution in [2.45, 2.75) is 78.3 Å². The smallest absolute Gasteiger partial charge is 0.346 e. The SMILES string of the molecule is CCCCCCCCc1n(CCC)cc[n+]1CC(=O)O. The summed E-state index contributed by atoms with van der Waals surface area (Å²) in [5.41, 5.74) is 0. The molecule has 0 amide bonds. The number of aliphatic carboxylic acids is 1. The quantitative estimate of drug-likeness (QED) is 0.500. The molecule has 0 aromatic carbocycles. The minimum absolute atomic E-state index is 0.0713. The predicted molar refractivity (Wildman–Crippen MR) is 79.6 cm³/mol. The van der Waals surface area contributed by atoms with E-state index in [9.17, 15) is 4.79 Å². The molecule has 4 nitrogen and oxygen atoms in total. The van der Waals surface area contributed by atoms with Crippen LogP contribution in [0.4, 0.5) is 0 Å². The standard InChI is InChI=1S/C16H28N2O2/c1-3-5-6-7-8-9-10-15-17(11-4-2)12-13-18(15)14-16(19)20/h12-13H,3-11,14H2,1-2H3/p+1. The van der Waals surface area contributed by atoms with E-state index >= 15 is 0 Å². The molecule has 0 aliphatic heterocycles. The van der Waals surface area contributed by atoms with Crippen molar-refractivity contribution in [3.8, 4) is 0 Å². The lowest BCUT2D eigenvalue weighted by Crippen LogP contribution is -2.40. The Kier molecular flexibility index (Phi) is 8.00. The number of unbranched alkanes of at least 4 members (excludes halogenated alkanes) is 5. The van der Waals surface area contributed by atoms with E-state index in [2.05, 4.69) is 18.4 Å². The highest BCUT2D eigenvalue weighted by molar-refractivity contribution is 5.64. The maximum absolute atomic E-state index is 10.9. The van der Waals surface area contributed by atoms with Gasteiger partial charge in [-0.3, -0.25) is 0 Å². The molecule has 0 unspecified atom stereocenters. The van der Waals surface area contributed by atoms with Gasteiger partial charge in [0.15, 0.2) is 6.54 Å². The number of carbonyl (C=O) groups is 1. The number of carboxylic acid groups (broad SMARTS) is 1. The zero-order chi connectivity index (χ0) is 14.8. The van der Waals surface area contributed by atoms with Gasteiger partial charge in [0.25, 0.3) is 5.82 Å². The fourth-order valence-corrected chi connectivity index (χ4v) is 2.58. The first-order valence-corrected chi connectivity index (χ1v) is 7.98. The number of aryl methyl sites for hydroxylation is 1. The minimum Gasteiger partial charge on any atom is -0.478 e. The summed E-state index contributed by atoms with van der Waals surface area (Å²) in [4.78, 5) is 10.9. The lowest BCUT2D eigenvalue weighted by atomic mass is 10.1. The molecule has 1 heterocycles. The number of hydrogen-bond donors (Lipinski definition) is 1. The van der Waals surface area contributed by atoms with Gasteiger partial charge in [-0.2, -0.15) is 0 Å². The number of carboxylic acids is 1. The van der Waals surface area contributed by atoms with Crippen LogP contribution in [0.15, 0.2) is 12.4 Å². The topological polar surface area (TPSA) is 46.1 Å². The van der Waals surface area contributed by atoms with Gasteiger partial charge in [0.05, 0.1) is 6.54 Å². The maximum Gasteiger partial charge on any atom is 0.346 e. The van der Waals surface area contributed by atoms with Gasteiger partial charge in [-0.15, -0.1) is 0 Å². The number of aromatic nitrogens is 2. The average Bonchev–Trinajstić information content (AvgIpc) is 2.76. The number of imidazole rings is 1. The monoisotopic (exact) mass is 281 g/mol. The molecule has 4 heteroatoms. The Morgan fingerprint density at radius 1 is 1.15 bits per heavy atom. The van der Waals surface area contributed by atoms with Crippen molar-refractivity contribution in [3.63, 3.8) is 0 Å². The molecule has 0 saturated carbocycles. The molecular weight excluding hydrogens is 252 g/mol. The third kappa shape index (κ3) is 5.76. The Labute approximate surface area is 122 Å². The van der Waals surface area contributed by atoms with Crippen molar-refractivity contribution in [2.75, 3.05) is 0 Å². The van der Waals surface area contributed by atoms with Crippen molar-refractivity contribution in [2.24, 2.45) is 0 Å². The molecule has 1 N–H and O–H groups in total. The highest BCUT2D eigenvalue weighted by Crippen LogP contribution is 2.09. The van der Waals surface area contributed by atoms with Crippen LogP contribution in [0.2, 0.25) is 0 Å². The summed E-state index contributed by atoms with van der Waals surface area (Å²) in [7, 11) is 0. The normalized spacial score (nSPS) is 10.9. The summed E-state index contributed by atoms with van der Waals surface area (Å²) in [6.07, 6.45) is 13.6. The van der Waals surface area contributed by atoms with Crippen molar-refractivity contribution in [1.29, 1.82) is 0 Å². The van der Waals surface area contributed by atoms with E-state index in [1.54, 1.807) is 0 Å². The van der Waals surface area contributed by atoms with E-state index in [-0.39, 0.29) is 6.54 Å². The molecule has 0 fully saturated rings. The Morgan fingerprint density at radius 3 is 2.50 bits per heavy atom. The van der Waals surface area contributed by atoms with Crippen LogP contribution in [0.1, 0.15) is 64.6 Å². The molecule has 1 rings (SSSR count). The van der Waals surface area contributed by atoms with Gasteiger partial charge in [0, 0.05) is 6.42 Å². The lowest BCUT2D eigenvalue weighted by molar-refractivity contribution is -0.692. The third-order valence-corrected chi connectivity index (χ3v) is 3.61. The number of hydrogen-bond acceptors (Lipinski definition) is 1. The summed E-state index contributed by atoms with van der Waals surface area (Å²) in [5.74, 6) is 0.387. The van der Waals surface area contributed by atoms with Crippen LogP contribution < -0.4 is 4.57 Å². The van der Waals surface area contributed by atoms with Crippen LogP contribution in [-0.2, 0) is 24.3 Å². The summed E-state index contributed by atoms with van der Waals surface area (Å²) in [5, 5.41) is 8.97. The van der Waals surface area contributed by atoms with Crippen LogP contribution in [0, 0.1) is 0 Å². The van der Waals surface area contributed by atoms with Crippen LogP contribution in [0.25, 0.3) is 0 Å². The lowest BCUT2D eigenvalue weighted by Gasteiger charge is -2.04. The second-order valence-electron chi connectivity index (χ2n) is 5.45. The van der Waals surface area contributed by atoms with Gasteiger partial charge >= 0.3 is 5.97 Å². The van der Waals surface area contributed by atoms with E-state index in [4.69, 9.17) is 5.11 Å². The van der Waals surface area contributed by atoms with Gasteiger partial charge in [-0.25, -0.2) is 13.9 Å². The molecule has 20 heavy (non-hydrogen) atoms. The first-order chi connectivity index (χ1) is 9.69. The van der Waals surface area contributed by atoms with Crippen LogP contribution in [0.3, 0.4) is 0 Å². The van der Waals surface area contributed by atoms with E-state index < -0.39 is 5.97 Å². The molecule has 114 valence electrons. The van der Waals surface area contributed by atoms with E-state index in [0.717, 1.165) is 31.6 Å². The zero-order valence-electron chi connectivity index (χ0n) is 13.0. The molecule has 0 spiro atoms. The van der Waals surface area contributed by atoms with E-state index in [1.165, 1.54) is 32.1 Å². The van der Waals surface area contributed by atoms with Gasteiger partial charge in [0.1, 0.15) is 12.4 Å². The van der Waals surface area contributed by atoms with Crippen LogP contribution >= 0.6 is 0 Å². The van der Waals surface area contributed by atoms with Gasteiger partial charge in [-0.05, 0) is 12.8 Å². The van der Waals surface area contributed by atoms with Crippen molar-refractivity contribution in [1.82, 2.24) is 4.57 Å². The van der Waals surface area contributed by atoms with Crippen molar-refractivity contribution >= 4 is 5.97 Å². The van der Waals surface area contributed by atoms with Gasteiger partial charge < -0.3 is 5.11 Å². The first-order valence-electron chi connectivity index (χ1n) is 7.98. The molecule has 0 atom stereocenters. The Hall–Kier alpha value is -1.32. The van der Waals surface area contributed by atoms with Gasteiger partial charge in [0.2, 0.25) is 0 Å². The fourth-order valence-electron chi connectivity index (χ4n) is 2.58. The first kappa shape index (κ1) is 16.7. The van der Waals surface area contributed by atoms with Crippen molar-refractivity contribution < 1.29 is 14.5 Å². The molecule has 0 aliphatic rings. The highest BCUT2D eigenvalue weighted by Gasteiger charge is 2.18. The minimum atomic E-state index is -0.770. The van der Waals surface area contributed by atoms with Gasteiger partial charge in [-0.1, -0.05) is 46.0 Å². The second kappa shape index (κ2) is 9.56. The van der Waals surface area contributed by atoms with Crippen LogP contribution in [-0.4, -0.2) is 15.6 Å². The van der Waals surface area contributed by atoms with Crippen molar-refractivity contribution in [3.05, 3.63) is 18.2 Å². The predicted octanol–water partition coefficient (Wildman–Crippen LogP) is 3.17. The number of rotatable bonds is 11. The Balaban J connectivity index is 2.51. The summed E-state index contributed by atoms with van der Waals surface area (Å²) in [6, 6.07) is 0. The molecule has 0 aliphatic carbocycles. The maximum atomic E-state index is 10.9. The average molecular weight is 281 g/mol. The molecular formula is C16H29N2O2+. The summed E-state index contributed by atoms with van der Waals surface area (Å²) < 4.78 is 4.08. The Morgan fingerprint density at radius 2 is 1.85 bits per heavy atom. The van der Waals surface area contributed by atoms with E-state index in [0.29, 0.717) is 0 Å².